The van der Waals surface area contributed by atoms with Crippen LogP contribution >= 0.6 is 0 Å². The molecule has 6 nitrogen and oxygen atoms in total. The fourth-order valence-electron chi connectivity index (χ4n) is 4.11. The first-order chi connectivity index (χ1) is 14.6. The first-order valence-corrected chi connectivity index (χ1v) is 10.7. The number of aryl methyl sites for hydroxylation is 1. The molecule has 3 amide bonds. The van der Waals surface area contributed by atoms with Crippen molar-refractivity contribution in [3.05, 3.63) is 65.2 Å². The van der Waals surface area contributed by atoms with Gasteiger partial charge in [-0.1, -0.05) is 29.8 Å². The maximum Gasteiger partial charge on any atom is 0.324 e. The summed E-state index contributed by atoms with van der Waals surface area (Å²) < 4.78 is 5.55. The van der Waals surface area contributed by atoms with Gasteiger partial charge in [-0.25, -0.2) is 4.79 Å². The standard InChI is InChI=1S/C24H29N3O3/c1-18-5-2-6-19(15-18)17-26-12-4-13-27(24(26)29)21-10-8-20(9-11-21)23(28)25-16-22-7-3-14-30-22/h2,5-6,8-11,15,22H,3-4,7,12-14,16-17H2,1H3,(H,25,28)/t22-/m1/s1. The Bertz CT molecular complexity index is 891. The van der Waals surface area contributed by atoms with Gasteiger partial charge in [-0.15, -0.1) is 0 Å². The van der Waals surface area contributed by atoms with Crippen LogP contribution in [0.5, 0.6) is 0 Å². The molecule has 6 heteroatoms. The lowest BCUT2D eigenvalue weighted by atomic mass is 10.1. The molecule has 2 saturated heterocycles. The van der Waals surface area contributed by atoms with E-state index in [2.05, 4.69) is 30.4 Å². The van der Waals surface area contributed by atoms with E-state index in [1.54, 1.807) is 17.0 Å². The normalized spacial score (nSPS) is 19.2. The van der Waals surface area contributed by atoms with E-state index in [0.717, 1.165) is 43.7 Å². The molecule has 2 aromatic carbocycles. The van der Waals surface area contributed by atoms with Crippen molar-refractivity contribution in [3.8, 4) is 0 Å². The van der Waals surface area contributed by atoms with Crippen LogP contribution in [0.15, 0.2) is 48.5 Å². The second-order valence-electron chi connectivity index (χ2n) is 8.09. The summed E-state index contributed by atoms with van der Waals surface area (Å²) in [4.78, 5) is 29.1. The van der Waals surface area contributed by atoms with Gasteiger partial charge in [0.15, 0.2) is 0 Å². The molecule has 2 aromatic rings. The highest BCUT2D eigenvalue weighted by Crippen LogP contribution is 2.22. The van der Waals surface area contributed by atoms with Gasteiger partial charge in [0.25, 0.3) is 5.91 Å². The zero-order chi connectivity index (χ0) is 20.9. The minimum absolute atomic E-state index is 0.0124. The fourth-order valence-corrected chi connectivity index (χ4v) is 4.11. The number of nitrogens with one attached hydrogen (secondary N) is 1. The Morgan fingerprint density at radius 3 is 2.70 bits per heavy atom. The Morgan fingerprint density at radius 2 is 1.97 bits per heavy atom. The number of carbonyl (C=O) groups is 2. The number of hydrogen-bond acceptors (Lipinski definition) is 3. The molecule has 158 valence electrons. The first-order valence-electron chi connectivity index (χ1n) is 10.7. The van der Waals surface area contributed by atoms with Crippen LogP contribution in [0.25, 0.3) is 0 Å². The Hall–Kier alpha value is -2.86. The van der Waals surface area contributed by atoms with Gasteiger partial charge in [-0.05, 0) is 56.0 Å². The summed E-state index contributed by atoms with van der Waals surface area (Å²) in [7, 11) is 0. The van der Waals surface area contributed by atoms with E-state index in [9.17, 15) is 9.59 Å². The second-order valence-corrected chi connectivity index (χ2v) is 8.09. The van der Waals surface area contributed by atoms with E-state index in [-0.39, 0.29) is 18.0 Å². The maximum atomic E-state index is 13.0. The average Bonchev–Trinajstić information content (AvgIpc) is 3.27. The topological polar surface area (TPSA) is 61.9 Å². The zero-order valence-corrected chi connectivity index (χ0v) is 17.5. The average molecular weight is 408 g/mol. The van der Waals surface area contributed by atoms with Crippen molar-refractivity contribution < 1.29 is 14.3 Å². The molecule has 0 aromatic heterocycles. The Kier molecular flexibility index (Phi) is 6.33. The van der Waals surface area contributed by atoms with Crippen LogP contribution in [0, 0.1) is 6.92 Å². The Labute approximate surface area is 177 Å². The molecule has 1 N–H and O–H groups in total. The molecular formula is C24H29N3O3. The molecule has 0 radical (unpaired) electrons. The van der Waals surface area contributed by atoms with Crippen molar-refractivity contribution in [2.24, 2.45) is 0 Å². The van der Waals surface area contributed by atoms with E-state index in [1.165, 1.54) is 5.56 Å². The summed E-state index contributed by atoms with van der Waals surface area (Å²) in [6.45, 7) is 5.44. The summed E-state index contributed by atoms with van der Waals surface area (Å²) in [6.07, 6.45) is 3.09. The van der Waals surface area contributed by atoms with Crippen molar-refractivity contribution in [1.82, 2.24) is 10.2 Å². The number of benzene rings is 2. The number of carbonyl (C=O) groups excluding carboxylic acids is 2. The first kappa shape index (κ1) is 20.4. The van der Waals surface area contributed by atoms with Gasteiger partial charge in [-0.3, -0.25) is 9.69 Å². The van der Waals surface area contributed by atoms with Crippen LogP contribution < -0.4 is 10.2 Å². The molecule has 0 unspecified atom stereocenters. The zero-order valence-electron chi connectivity index (χ0n) is 17.5. The molecule has 2 heterocycles. The predicted molar refractivity (Wildman–Crippen MR) is 117 cm³/mol. The van der Waals surface area contributed by atoms with Crippen LogP contribution in [0.1, 0.15) is 40.7 Å². The maximum absolute atomic E-state index is 13.0. The number of hydrogen-bond donors (Lipinski definition) is 1. The molecule has 0 saturated carbocycles. The third kappa shape index (κ3) is 4.82. The highest BCUT2D eigenvalue weighted by molar-refractivity contribution is 5.96. The summed E-state index contributed by atoms with van der Waals surface area (Å²) in [6, 6.07) is 15.6. The van der Waals surface area contributed by atoms with Gasteiger partial charge < -0.3 is 15.0 Å². The summed E-state index contributed by atoms with van der Waals surface area (Å²) in [5, 5.41) is 2.93. The molecule has 0 bridgehead atoms. The van der Waals surface area contributed by atoms with Gasteiger partial charge >= 0.3 is 6.03 Å². The van der Waals surface area contributed by atoms with E-state index >= 15 is 0 Å². The van der Waals surface area contributed by atoms with Gasteiger partial charge in [0.05, 0.1) is 6.10 Å². The lowest BCUT2D eigenvalue weighted by Gasteiger charge is -2.35. The predicted octanol–water partition coefficient (Wildman–Crippen LogP) is 3.74. The molecule has 30 heavy (non-hydrogen) atoms. The van der Waals surface area contributed by atoms with Crippen molar-refractivity contribution in [1.29, 1.82) is 0 Å². The van der Waals surface area contributed by atoms with Gasteiger partial charge in [0, 0.05) is 44.0 Å². The number of nitrogens with zero attached hydrogens (tertiary/aromatic N) is 2. The van der Waals surface area contributed by atoms with Crippen molar-refractivity contribution >= 4 is 17.6 Å². The van der Waals surface area contributed by atoms with Crippen LogP contribution in [-0.2, 0) is 11.3 Å². The molecule has 2 fully saturated rings. The highest BCUT2D eigenvalue weighted by Gasteiger charge is 2.27. The highest BCUT2D eigenvalue weighted by atomic mass is 16.5. The van der Waals surface area contributed by atoms with Gasteiger partial charge in [-0.2, -0.15) is 0 Å². The SMILES string of the molecule is Cc1cccc(CN2CCCN(c3ccc(C(=O)NC[C@H]4CCCO4)cc3)C2=O)c1. The molecule has 0 aliphatic carbocycles. The van der Waals surface area contributed by atoms with Crippen LogP contribution in [0.4, 0.5) is 10.5 Å². The number of amides is 3. The Balaban J connectivity index is 1.37. The quantitative estimate of drug-likeness (QED) is 0.794. The Morgan fingerprint density at radius 1 is 1.13 bits per heavy atom. The van der Waals surface area contributed by atoms with Gasteiger partial charge in [0.1, 0.15) is 0 Å². The third-order valence-electron chi connectivity index (χ3n) is 5.72. The van der Waals surface area contributed by atoms with E-state index in [1.807, 2.05) is 23.1 Å². The van der Waals surface area contributed by atoms with Crippen LogP contribution in [0.2, 0.25) is 0 Å². The van der Waals surface area contributed by atoms with Crippen LogP contribution in [0.3, 0.4) is 0 Å². The molecule has 1 atom stereocenters. The fraction of sp³-hybridized carbons (Fsp3) is 0.417. The van der Waals surface area contributed by atoms with Crippen LogP contribution in [-0.4, -0.2) is 49.2 Å². The van der Waals surface area contributed by atoms with Crippen molar-refractivity contribution in [2.75, 3.05) is 31.1 Å². The monoisotopic (exact) mass is 407 g/mol. The minimum Gasteiger partial charge on any atom is -0.376 e. The van der Waals surface area contributed by atoms with Crippen molar-refractivity contribution in [2.45, 2.75) is 38.8 Å². The molecule has 4 rings (SSSR count). The number of urea groups is 1. The van der Waals surface area contributed by atoms with Crippen molar-refractivity contribution in [3.63, 3.8) is 0 Å². The summed E-state index contributed by atoms with van der Waals surface area (Å²) >= 11 is 0. The van der Waals surface area contributed by atoms with E-state index in [4.69, 9.17) is 4.74 Å². The molecular weight excluding hydrogens is 378 g/mol. The third-order valence-corrected chi connectivity index (χ3v) is 5.72. The largest absolute Gasteiger partial charge is 0.376 e. The lowest BCUT2D eigenvalue weighted by molar-refractivity contribution is 0.0858. The van der Waals surface area contributed by atoms with Gasteiger partial charge in [0.2, 0.25) is 0 Å². The minimum atomic E-state index is -0.108. The summed E-state index contributed by atoms with van der Waals surface area (Å²) in [5.74, 6) is -0.108. The molecule has 2 aliphatic heterocycles. The summed E-state index contributed by atoms with van der Waals surface area (Å²) in [5.41, 5.74) is 3.76. The number of ether oxygens (including phenoxy) is 1. The van der Waals surface area contributed by atoms with E-state index in [0.29, 0.717) is 25.2 Å². The number of rotatable bonds is 6. The lowest BCUT2D eigenvalue weighted by Crippen LogP contribution is -2.49. The molecule has 2 aliphatic rings. The van der Waals surface area contributed by atoms with E-state index < -0.39 is 0 Å². The smallest absolute Gasteiger partial charge is 0.324 e. The number of anilines is 1. The molecule has 0 spiro atoms. The second kappa shape index (κ2) is 9.30.